The predicted octanol–water partition coefficient (Wildman–Crippen LogP) is 5.28. The smallest absolute Gasteiger partial charge is 0.303 e. The second-order valence-corrected chi connectivity index (χ2v) is 7.71. The summed E-state index contributed by atoms with van der Waals surface area (Å²) in [6.45, 7) is 4.28. The van der Waals surface area contributed by atoms with Crippen molar-refractivity contribution < 1.29 is 28.3 Å². The average Bonchev–Trinajstić information content (AvgIpc) is 3.13. The number of benzene rings is 2. The third-order valence-corrected chi connectivity index (χ3v) is 4.80. The van der Waals surface area contributed by atoms with Crippen molar-refractivity contribution >= 4 is 5.97 Å². The van der Waals surface area contributed by atoms with Gasteiger partial charge in [-0.2, -0.15) is 0 Å². The number of aryl methyl sites for hydroxylation is 1. The number of halogens is 1. The van der Waals surface area contributed by atoms with Crippen LogP contribution >= 0.6 is 0 Å². The topological polar surface area (TPSA) is 81.8 Å². The van der Waals surface area contributed by atoms with Crippen molar-refractivity contribution in [2.45, 2.75) is 39.7 Å². The molecule has 164 valence electrons. The first kappa shape index (κ1) is 22.3. The van der Waals surface area contributed by atoms with E-state index in [4.69, 9.17) is 19.1 Å². The number of methoxy groups -OCH3 is 1. The Balaban J connectivity index is 1.84. The molecular formula is C24H26FNO5. The van der Waals surface area contributed by atoms with Crippen LogP contribution in [0.5, 0.6) is 11.5 Å². The van der Waals surface area contributed by atoms with Crippen LogP contribution in [-0.2, 0) is 24.2 Å². The minimum atomic E-state index is -0.843. The van der Waals surface area contributed by atoms with Gasteiger partial charge in [0.15, 0.2) is 5.76 Å². The lowest BCUT2D eigenvalue weighted by Crippen LogP contribution is -2.04. The molecule has 0 atom stereocenters. The van der Waals surface area contributed by atoms with Gasteiger partial charge < -0.3 is 19.1 Å². The number of carbonyl (C=O) groups is 1. The molecule has 0 unspecified atom stereocenters. The van der Waals surface area contributed by atoms with Crippen molar-refractivity contribution in [2.24, 2.45) is 5.92 Å². The van der Waals surface area contributed by atoms with Crippen LogP contribution in [0.1, 0.15) is 37.1 Å². The van der Waals surface area contributed by atoms with Gasteiger partial charge in [0.05, 0.1) is 12.7 Å². The highest BCUT2D eigenvalue weighted by Gasteiger charge is 2.22. The Morgan fingerprint density at radius 1 is 1.19 bits per heavy atom. The first-order valence-electron chi connectivity index (χ1n) is 10.1. The quantitative estimate of drug-likeness (QED) is 0.474. The Morgan fingerprint density at radius 2 is 2.00 bits per heavy atom. The average molecular weight is 427 g/mol. The summed E-state index contributed by atoms with van der Waals surface area (Å²) in [4.78, 5) is 10.8. The van der Waals surface area contributed by atoms with E-state index in [1.54, 1.807) is 18.2 Å². The lowest BCUT2D eigenvalue weighted by atomic mass is 9.97. The van der Waals surface area contributed by atoms with E-state index in [1.807, 2.05) is 18.2 Å². The van der Waals surface area contributed by atoms with Crippen molar-refractivity contribution in [1.82, 2.24) is 5.16 Å². The maximum absolute atomic E-state index is 14.5. The van der Waals surface area contributed by atoms with Gasteiger partial charge in [-0.15, -0.1) is 0 Å². The Hall–Kier alpha value is -3.35. The molecule has 1 heterocycles. The highest BCUT2D eigenvalue weighted by molar-refractivity contribution is 5.67. The summed E-state index contributed by atoms with van der Waals surface area (Å²) in [5, 5.41) is 13.0. The number of aromatic nitrogens is 1. The molecule has 0 amide bonds. The molecule has 0 saturated carbocycles. The first-order chi connectivity index (χ1) is 14.9. The first-order valence-corrected chi connectivity index (χ1v) is 10.1. The normalized spacial score (nSPS) is 11.0. The number of hydrogen-bond donors (Lipinski definition) is 1. The summed E-state index contributed by atoms with van der Waals surface area (Å²) in [5.41, 5.74) is 2.57. The summed E-state index contributed by atoms with van der Waals surface area (Å²) < 4.78 is 31.2. The molecule has 7 heteroatoms. The van der Waals surface area contributed by atoms with Crippen LogP contribution in [0.25, 0.3) is 11.3 Å². The molecule has 0 aliphatic heterocycles. The van der Waals surface area contributed by atoms with Crippen molar-refractivity contribution in [3.63, 3.8) is 0 Å². The summed E-state index contributed by atoms with van der Waals surface area (Å²) in [6.07, 6.45) is 1.13. The Labute approximate surface area is 180 Å². The zero-order valence-corrected chi connectivity index (χ0v) is 17.9. The van der Waals surface area contributed by atoms with Gasteiger partial charge in [-0.05, 0) is 54.7 Å². The zero-order chi connectivity index (χ0) is 22.4. The van der Waals surface area contributed by atoms with E-state index >= 15 is 0 Å². The van der Waals surface area contributed by atoms with Gasteiger partial charge in [-0.1, -0.05) is 31.1 Å². The molecule has 3 rings (SSSR count). The van der Waals surface area contributed by atoms with Gasteiger partial charge in [0.25, 0.3) is 0 Å². The molecule has 0 radical (unpaired) electrons. The Kier molecular flexibility index (Phi) is 7.28. The highest BCUT2D eigenvalue weighted by Crippen LogP contribution is 2.33. The molecule has 0 saturated heterocycles. The number of rotatable bonds is 10. The number of hydrogen-bond acceptors (Lipinski definition) is 5. The van der Waals surface area contributed by atoms with Gasteiger partial charge in [0, 0.05) is 12.0 Å². The minimum absolute atomic E-state index is 0.0563. The van der Waals surface area contributed by atoms with E-state index in [-0.39, 0.29) is 13.0 Å². The maximum Gasteiger partial charge on any atom is 0.303 e. The number of nitrogens with zero attached hydrogens (tertiary/aromatic N) is 1. The largest absolute Gasteiger partial charge is 0.497 e. The van der Waals surface area contributed by atoms with Gasteiger partial charge in [0.2, 0.25) is 0 Å². The molecule has 0 spiro atoms. The highest BCUT2D eigenvalue weighted by atomic mass is 19.1. The number of carboxylic acid groups (broad SMARTS) is 1. The van der Waals surface area contributed by atoms with Crippen molar-refractivity contribution in [3.8, 4) is 22.8 Å². The SMILES string of the molecule is COc1ccc(F)c(-c2onc(COc3cccc(CCC(=O)O)c3)c2CC(C)C)c1. The fourth-order valence-corrected chi connectivity index (χ4v) is 3.29. The molecule has 0 fully saturated rings. The standard InChI is InChI=1S/C24H26FNO5/c1-15(2)11-20-22(14-30-18-6-4-5-16(12-18)7-10-23(27)28)26-31-24(20)19-13-17(29-3)8-9-21(19)25/h4-6,8-9,12-13,15H,7,10-11,14H2,1-3H3,(H,27,28). The fraction of sp³-hybridized carbons (Fsp3) is 0.333. The van der Waals surface area contributed by atoms with Crippen molar-refractivity contribution in [2.75, 3.05) is 7.11 Å². The van der Waals surface area contributed by atoms with Crippen LogP contribution in [0.3, 0.4) is 0 Å². The van der Waals surface area contributed by atoms with E-state index in [0.29, 0.717) is 47.3 Å². The molecule has 3 aromatic rings. The molecule has 0 bridgehead atoms. The van der Waals surface area contributed by atoms with E-state index in [0.717, 1.165) is 11.1 Å². The van der Waals surface area contributed by atoms with E-state index in [1.165, 1.54) is 13.2 Å². The summed E-state index contributed by atoms with van der Waals surface area (Å²) >= 11 is 0. The molecule has 2 aromatic carbocycles. The molecule has 1 N–H and O–H groups in total. The van der Waals surface area contributed by atoms with Gasteiger partial charge in [-0.25, -0.2) is 4.39 Å². The molecule has 1 aromatic heterocycles. The fourth-order valence-electron chi connectivity index (χ4n) is 3.29. The molecular weight excluding hydrogens is 401 g/mol. The second-order valence-electron chi connectivity index (χ2n) is 7.71. The Morgan fingerprint density at radius 3 is 2.71 bits per heavy atom. The second kappa shape index (κ2) is 10.1. The molecule has 0 aliphatic rings. The molecule has 6 nitrogen and oxygen atoms in total. The van der Waals surface area contributed by atoms with E-state index in [2.05, 4.69) is 19.0 Å². The summed E-state index contributed by atoms with van der Waals surface area (Å²) in [5.74, 6) is 0.545. The van der Waals surface area contributed by atoms with Crippen LogP contribution in [-0.4, -0.2) is 23.3 Å². The summed E-state index contributed by atoms with van der Waals surface area (Å²) in [6, 6.07) is 11.8. The molecule has 0 aliphatic carbocycles. The van der Waals surface area contributed by atoms with E-state index < -0.39 is 11.8 Å². The zero-order valence-electron chi connectivity index (χ0n) is 17.9. The lowest BCUT2D eigenvalue weighted by Gasteiger charge is -2.10. The number of aliphatic carboxylic acids is 1. The van der Waals surface area contributed by atoms with Gasteiger partial charge in [0.1, 0.15) is 29.6 Å². The lowest BCUT2D eigenvalue weighted by molar-refractivity contribution is -0.136. The van der Waals surface area contributed by atoms with Crippen LogP contribution in [0.2, 0.25) is 0 Å². The number of ether oxygens (including phenoxy) is 2. The third-order valence-electron chi connectivity index (χ3n) is 4.80. The third kappa shape index (κ3) is 5.84. The summed E-state index contributed by atoms with van der Waals surface area (Å²) in [7, 11) is 1.52. The Bertz CT molecular complexity index is 1040. The van der Waals surface area contributed by atoms with Crippen molar-refractivity contribution in [1.29, 1.82) is 0 Å². The monoisotopic (exact) mass is 427 g/mol. The predicted molar refractivity (Wildman–Crippen MR) is 114 cm³/mol. The van der Waals surface area contributed by atoms with Crippen LogP contribution in [0.15, 0.2) is 47.0 Å². The van der Waals surface area contributed by atoms with Crippen molar-refractivity contribution in [3.05, 3.63) is 65.1 Å². The maximum atomic E-state index is 14.5. The molecule has 31 heavy (non-hydrogen) atoms. The van der Waals surface area contributed by atoms with Gasteiger partial charge in [-0.3, -0.25) is 4.79 Å². The van der Waals surface area contributed by atoms with Crippen LogP contribution in [0.4, 0.5) is 4.39 Å². The number of carboxylic acids is 1. The minimum Gasteiger partial charge on any atom is -0.497 e. The van der Waals surface area contributed by atoms with Crippen LogP contribution in [0, 0.1) is 11.7 Å². The van der Waals surface area contributed by atoms with E-state index in [9.17, 15) is 9.18 Å². The van der Waals surface area contributed by atoms with Crippen LogP contribution < -0.4 is 9.47 Å². The van der Waals surface area contributed by atoms with Gasteiger partial charge >= 0.3 is 5.97 Å².